The van der Waals surface area contributed by atoms with Gasteiger partial charge in [-0.15, -0.1) is 0 Å². The highest BCUT2D eigenvalue weighted by atomic mass is 16.5. The molecule has 0 bridgehead atoms. The van der Waals surface area contributed by atoms with E-state index in [9.17, 15) is 15.2 Å². The molecule has 0 aliphatic heterocycles. The van der Waals surface area contributed by atoms with Crippen molar-refractivity contribution in [3.8, 4) is 28.8 Å². The molecule has 8 nitrogen and oxygen atoms in total. The fraction of sp³-hybridized carbons (Fsp3) is 0.0526. The van der Waals surface area contributed by atoms with Gasteiger partial charge in [-0.3, -0.25) is 9.78 Å². The lowest BCUT2D eigenvalue weighted by Gasteiger charge is -2.06. The van der Waals surface area contributed by atoms with Crippen LogP contribution in [0.25, 0.3) is 11.3 Å². The summed E-state index contributed by atoms with van der Waals surface area (Å²) in [5.41, 5.74) is 3.29. The first-order chi connectivity index (χ1) is 13.1. The number of phenolic OH excluding ortho intramolecular Hbond substituents is 1. The van der Waals surface area contributed by atoms with Crippen LogP contribution in [-0.2, 0) is 0 Å². The van der Waals surface area contributed by atoms with Crippen molar-refractivity contribution in [1.29, 1.82) is 5.26 Å². The maximum atomic E-state index is 12.2. The normalized spacial score (nSPS) is 10.5. The number of rotatable bonds is 5. The topological polar surface area (TPSA) is 123 Å². The second-order valence-electron chi connectivity index (χ2n) is 5.41. The molecular formula is C19H15N5O3. The maximum Gasteiger partial charge on any atom is 0.270 e. The summed E-state index contributed by atoms with van der Waals surface area (Å²) < 4.78 is 5.02. The predicted octanol–water partition coefficient (Wildman–Crippen LogP) is 2.47. The summed E-state index contributed by atoms with van der Waals surface area (Å²) in [6.07, 6.45) is 1.37. The van der Waals surface area contributed by atoms with Gasteiger partial charge in [-0.25, -0.2) is 10.4 Å². The van der Waals surface area contributed by atoms with E-state index in [1.165, 1.54) is 19.4 Å². The number of aromatic hydroxyl groups is 1. The van der Waals surface area contributed by atoms with Crippen LogP contribution < -0.4 is 15.7 Å². The van der Waals surface area contributed by atoms with E-state index in [1.807, 2.05) is 12.1 Å². The highest BCUT2D eigenvalue weighted by Gasteiger charge is 2.12. The van der Waals surface area contributed by atoms with Crippen LogP contribution in [0.15, 0.2) is 58.4 Å². The lowest BCUT2D eigenvalue weighted by molar-refractivity contribution is 0.407. The van der Waals surface area contributed by atoms with Crippen LogP contribution in [-0.4, -0.2) is 28.4 Å². The van der Waals surface area contributed by atoms with Gasteiger partial charge in [0.2, 0.25) is 5.95 Å². The molecule has 3 rings (SSSR count). The van der Waals surface area contributed by atoms with Gasteiger partial charge in [-0.2, -0.15) is 10.4 Å². The summed E-state index contributed by atoms with van der Waals surface area (Å²) in [6, 6.07) is 15.5. The molecule has 3 aromatic rings. The van der Waals surface area contributed by atoms with Gasteiger partial charge < -0.3 is 9.84 Å². The number of H-pyrrole nitrogens is 1. The number of methoxy groups -OCH3 is 1. The summed E-state index contributed by atoms with van der Waals surface area (Å²) in [5, 5.41) is 23.1. The van der Waals surface area contributed by atoms with Gasteiger partial charge in [0, 0.05) is 17.2 Å². The number of aromatic nitrogens is 2. The van der Waals surface area contributed by atoms with Crippen molar-refractivity contribution in [1.82, 2.24) is 9.97 Å². The SMILES string of the molecule is COc1ccc(C=NNc2nc(-c3ccccc3)c(C#N)c(=O)[nH]2)c(O)c1. The smallest absolute Gasteiger partial charge is 0.270 e. The second-order valence-corrected chi connectivity index (χ2v) is 5.41. The van der Waals surface area contributed by atoms with Crippen LogP contribution in [0.3, 0.4) is 0 Å². The molecule has 134 valence electrons. The number of ether oxygens (including phenoxy) is 1. The molecule has 3 N–H and O–H groups in total. The Kier molecular flexibility index (Phi) is 5.14. The fourth-order valence-electron chi connectivity index (χ4n) is 2.36. The molecule has 0 unspecified atom stereocenters. The minimum absolute atomic E-state index is 0.00819. The number of nitriles is 1. The van der Waals surface area contributed by atoms with Crippen LogP contribution in [0, 0.1) is 11.3 Å². The first-order valence-electron chi connectivity index (χ1n) is 7.88. The molecular weight excluding hydrogens is 346 g/mol. The number of hydrogen-bond donors (Lipinski definition) is 3. The highest BCUT2D eigenvalue weighted by Crippen LogP contribution is 2.22. The largest absolute Gasteiger partial charge is 0.507 e. The van der Waals surface area contributed by atoms with Gasteiger partial charge in [-0.1, -0.05) is 30.3 Å². The minimum Gasteiger partial charge on any atom is -0.507 e. The number of phenols is 1. The zero-order chi connectivity index (χ0) is 19.2. The Balaban J connectivity index is 1.89. The number of benzene rings is 2. The second kappa shape index (κ2) is 7.84. The Labute approximate surface area is 154 Å². The lowest BCUT2D eigenvalue weighted by Crippen LogP contribution is -2.16. The molecule has 8 heteroatoms. The number of anilines is 1. The third kappa shape index (κ3) is 3.93. The average Bonchev–Trinajstić information content (AvgIpc) is 2.69. The lowest BCUT2D eigenvalue weighted by atomic mass is 10.1. The van der Waals surface area contributed by atoms with Crippen molar-refractivity contribution in [2.45, 2.75) is 0 Å². The minimum atomic E-state index is -0.573. The zero-order valence-corrected chi connectivity index (χ0v) is 14.3. The van der Waals surface area contributed by atoms with E-state index < -0.39 is 5.56 Å². The molecule has 27 heavy (non-hydrogen) atoms. The molecule has 1 heterocycles. The average molecular weight is 361 g/mol. The standard InChI is InChI=1S/C19H15N5O3/c1-27-14-8-7-13(16(25)9-14)11-21-24-19-22-17(12-5-3-2-4-6-12)15(10-20)18(26)23-19/h2-9,11,25H,1H3,(H2,22,23,24,26). The number of hydrazone groups is 1. The van der Waals surface area contributed by atoms with E-state index in [2.05, 4.69) is 20.5 Å². The van der Waals surface area contributed by atoms with Crippen LogP contribution in [0.4, 0.5) is 5.95 Å². The monoisotopic (exact) mass is 361 g/mol. The Morgan fingerprint density at radius 1 is 1.30 bits per heavy atom. The Morgan fingerprint density at radius 2 is 2.07 bits per heavy atom. The maximum absolute atomic E-state index is 12.2. The molecule has 0 saturated carbocycles. The molecule has 0 radical (unpaired) electrons. The van der Waals surface area contributed by atoms with Crippen molar-refractivity contribution in [3.63, 3.8) is 0 Å². The van der Waals surface area contributed by atoms with Gasteiger partial charge >= 0.3 is 0 Å². The number of nitrogens with zero attached hydrogens (tertiary/aromatic N) is 3. The molecule has 0 aliphatic rings. The van der Waals surface area contributed by atoms with Gasteiger partial charge in [0.1, 0.15) is 23.1 Å². The molecule has 0 aliphatic carbocycles. The summed E-state index contributed by atoms with van der Waals surface area (Å²) in [4.78, 5) is 18.9. The van der Waals surface area contributed by atoms with Crippen molar-refractivity contribution >= 4 is 12.2 Å². The van der Waals surface area contributed by atoms with Crippen molar-refractivity contribution in [3.05, 3.63) is 70.0 Å². The fourth-order valence-corrected chi connectivity index (χ4v) is 2.36. The molecule has 0 saturated heterocycles. The summed E-state index contributed by atoms with van der Waals surface area (Å²) in [7, 11) is 1.50. The number of nitrogens with one attached hydrogen (secondary N) is 2. The Morgan fingerprint density at radius 3 is 2.74 bits per heavy atom. The third-order valence-electron chi connectivity index (χ3n) is 3.69. The van der Waals surface area contributed by atoms with Crippen molar-refractivity contribution in [2.75, 3.05) is 12.5 Å². The van der Waals surface area contributed by atoms with Crippen LogP contribution >= 0.6 is 0 Å². The van der Waals surface area contributed by atoms with E-state index in [0.29, 0.717) is 16.9 Å². The molecule has 2 aromatic carbocycles. The summed E-state index contributed by atoms with van der Waals surface area (Å²) in [5.74, 6) is 0.580. The van der Waals surface area contributed by atoms with E-state index in [4.69, 9.17) is 4.74 Å². The Hall–Kier alpha value is -4.12. The van der Waals surface area contributed by atoms with Gasteiger partial charge in [0.15, 0.2) is 0 Å². The first-order valence-corrected chi connectivity index (χ1v) is 7.88. The van der Waals surface area contributed by atoms with Crippen molar-refractivity contribution < 1.29 is 9.84 Å². The number of aromatic amines is 1. The Bertz CT molecular complexity index is 1080. The van der Waals surface area contributed by atoms with Crippen LogP contribution in [0.1, 0.15) is 11.1 Å². The van der Waals surface area contributed by atoms with E-state index in [0.717, 1.165) is 0 Å². The summed E-state index contributed by atoms with van der Waals surface area (Å²) in [6.45, 7) is 0. The van der Waals surface area contributed by atoms with Gasteiger partial charge in [0.05, 0.1) is 19.0 Å². The molecule has 0 fully saturated rings. The molecule has 0 atom stereocenters. The van der Waals surface area contributed by atoms with Gasteiger partial charge in [0.25, 0.3) is 5.56 Å². The van der Waals surface area contributed by atoms with Crippen LogP contribution in [0.5, 0.6) is 11.5 Å². The quantitative estimate of drug-likeness (QED) is 0.474. The van der Waals surface area contributed by atoms with Gasteiger partial charge in [-0.05, 0) is 12.1 Å². The van der Waals surface area contributed by atoms with Crippen LogP contribution in [0.2, 0.25) is 0 Å². The van der Waals surface area contributed by atoms with E-state index in [1.54, 1.807) is 36.4 Å². The number of hydrogen-bond acceptors (Lipinski definition) is 7. The molecule has 0 spiro atoms. The van der Waals surface area contributed by atoms with E-state index in [-0.39, 0.29) is 23.0 Å². The highest BCUT2D eigenvalue weighted by molar-refractivity contribution is 5.84. The van der Waals surface area contributed by atoms with E-state index >= 15 is 0 Å². The molecule has 0 amide bonds. The summed E-state index contributed by atoms with van der Waals surface area (Å²) >= 11 is 0. The zero-order valence-electron chi connectivity index (χ0n) is 14.3. The predicted molar refractivity (Wildman–Crippen MR) is 101 cm³/mol. The first kappa shape index (κ1) is 17.7. The van der Waals surface area contributed by atoms with Crippen molar-refractivity contribution in [2.24, 2.45) is 5.10 Å². The molecule has 1 aromatic heterocycles. The third-order valence-corrected chi connectivity index (χ3v) is 3.69.